The lowest BCUT2D eigenvalue weighted by molar-refractivity contribution is -0.125. The number of amides is 1. The monoisotopic (exact) mass is 325 g/mol. The Morgan fingerprint density at radius 1 is 1.18 bits per heavy atom. The fourth-order valence-electron chi connectivity index (χ4n) is 4.50. The van der Waals surface area contributed by atoms with E-state index in [1.165, 1.54) is 56.7 Å². The van der Waals surface area contributed by atoms with E-state index in [1.54, 1.807) is 0 Å². The predicted molar refractivity (Wildman–Crippen MR) is 93.0 cm³/mol. The number of thioether (sulfide) groups is 1. The molecule has 4 nitrogen and oxygen atoms in total. The topological polar surface area (TPSA) is 58.4 Å². The SMILES string of the molecule is NC1CCC(C(=O)NCC2(N3CCSCC3)CCCCC2)C1. The quantitative estimate of drug-likeness (QED) is 0.830. The molecule has 22 heavy (non-hydrogen) atoms. The second kappa shape index (κ2) is 7.54. The lowest BCUT2D eigenvalue weighted by Crippen LogP contribution is -2.59. The number of rotatable bonds is 4. The molecule has 1 amide bonds. The van der Waals surface area contributed by atoms with Gasteiger partial charge in [0.25, 0.3) is 0 Å². The normalized spacial score (nSPS) is 32.8. The number of carbonyl (C=O) groups is 1. The molecular formula is C17H31N3OS. The average molecular weight is 326 g/mol. The molecule has 2 saturated carbocycles. The first kappa shape index (κ1) is 16.6. The van der Waals surface area contributed by atoms with Gasteiger partial charge in [-0.1, -0.05) is 19.3 Å². The molecule has 1 aliphatic heterocycles. The van der Waals surface area contributed by atoms with Crippen LogP contribution in [0, 0.1) is 5.92 Å². The highest BCUT2D eigenvalue weighted by molar-refractivity contribution is 7.99. The summed E-state index contributed by atoms with van der Waals surface area (Å²) >= 11 is 2.06. The molecule has 0 aromatic carbocycles. The minimum absolute atomic E-state index is 0.160. The second-order valence-corrected chi connectivity index (χ2v) is 8.60. The Morgan fingerprint density at radius 2 is 1.91 bits per heavy atom. The third-order valence-corrected chi connectivity index (χ3v) is 6.84. The van der Waals surface area contributed by atoms with Crippen LogP contribution in [0.5, 0.6) is 0 Å². The maximum absolute atomic E-state index is 12.5. The molecule has 0 spiro atoms. The molecular weight excluding hydrogens is 294 g/mol. The zero-order valence-electron chi connectivity index (χ0n) is 13.7. The Labute approximate surface area is 138 Å². The Morgan fingerprint density at radius 3 is 2.55 bits per heavy atom. The van der Waals surface area contributed by atoms with Crippen molar-refractivity contribution < 1.29 is 4.79 Å². The molecule has 3 aliphatic rings. The van der Waals surface area contributed by atoms with Crippen LogP contribution >= 0.6 is 11.8 Å². The van der Waals surface area contributed by atoms with Crippen LogP contribution in [-0.2, 0) is 4.79 Å². The van der Waals surface area contributed by atoms with E-state index in [1.807, 2.05) is 0 Å². The van der Waals surface area contributed by atoms with Crippen molar-refractivity contribution >= 4 is 17.7 Å². The van der Waals surface area contributed by atoms with Crippen molar-refractivity contribution in [3.05, 3.63) is 0 Å². The number of nitrogens with zero attached hydrogens (tertiary/aromatic N) is 1. The van der Waals surface area contributed by atoms with Crippen molar-refractivity contribution in [1.29, 1.82) is 0 Å². The van der Waals surface area contributed by atoms with Crippen LogP contribution in [0.3, 0.4) is 0 Å². The molecule has 3 fully saturated rings. The Bertz CT molecular complexity index is 378. The van der Waals surface area contributed by atoms with E-state index in [0.717, 1.165) is 25.8 Å². The predicted octanol–water partition coefficient (Wildman–Crippen LogP) is 1.98. The fourth-order valence-corrected chi connectivity index (χ4v) is 5.41. The van der Waals surface area contributed by atoms with Gasteiger partial charge in [0.2, 0.25) is 5.91 Å². The molecule has 3 N–H and O–H groups in total. The van der Waals surface area contributed by atoms with Gasteiger partial charge in [-0.2, -0.15) is 11.8 Å². The van der Waals surface area contributed by atoms with Gasteiger partial charge in [-0.3, -0.25) is 9.69 Å². The van der Waals surface area contributed by atoms with Crippen molar-refractivity contribution in [2.75, 3.05) is 31.1 Å². The summed E-state index contributed by atoms with van der Waals surface area (Å²) in [6.45, 7) is 3.23. The maximum atomic E-state index is 12.5. The molecule has 0 bridgehead atoms. The summed E-state index contributed by atoms with van der Waals surface area (Å²) in [5, 5.41) is 3.31. The van der Waals surface area contributed by atoms with Gasteiger partial charge in [0.05, 0.1) is 0 Å². The lowest BCUT2D eigenvalue weighted by Gasteiger charge is -2.48. The van der Waals surface area contributed by atoms with Gasteiger partial charge in [-0.15, -0.1) is 0 Å². The first-order valence-electron chi connectivity index (χ1n) is 9.06. The van der Waals surface area contributed by atoms with Crippen molar-refractivity contribution in [3.8, 4) is 0 Å². The number of hydrogen-bond acceptors (Lipinski definition) is 4. The number of nitrogens with one attached hydrogen (secondary N) is 1. The molecule has 2 atom stereocenters. The summed E-state index contributed by atoms with van der Waals surface area (Å²) in [4.78, 5) is 15.2. The van der Waals surface area contributed by atoms with Crippen LogP contribution in [0.4, 0.5) is 0 Å². The molecule has 3 rings (SSSR count). The smallest absolute Gasteiger partial charge is 0.223 e. The third kappa shape index (κ3) is 3.80. The summed E-state index contributed by atoms with van der Waals surface area (Å²) in [6, 6.07) is 0.235. The highest BCUT2D eigenvalue weighted by Gasteiger charge is 2.39. The molecule has 0 radical (unpaired) electrons. The summed E-state index contributed by atoms with van der Waals surface area (Å²) < 4.78 is 0. The van der Waals surface area contributed by atoms with Crippen LogP contribution in [0.2, 0.25) is 0 Å². The minimum Gasteiger partial charge on any atom is -0.354 e. The van der Waals surface area contributed by atoms with Crippen molar-refractivity contribution in [3.63, 3.8) is 0 Å². The van der Waals surface area contributed by atoms with Crippen molar-refractivity contribution in [2.24, 2.45) is 11.7 Å². The summed E-state index contributed by atoms with van der Waals surface area (Å²) in [5.41, 5.74) is 6.19. The third-order valence-electron chi connectivity index (χ3n) is 5.90. The first-order chi connectivity index (χ1) is 10.7. The zero-order chi connectivity index (χ0) is 15.4. The first-order valence-corrected chi connectivity index (χ1v) is 10.2. The van der Waals surface area contributed by atoms with Crippen LogP contribution in [-0.4, -0.2) is 53.5 Å². The maximum Gasteiger partial charge on any atom is 0.223 e. The van der Waals surface area contributed by atoms with Crippen LogP contribution in [0.25, 0.3) is 0 Å². The molecule has 126 valence electrons. The van der Waals surface area contributed by atoms with Gasteiger partial charge in [-0.25, -0.2) is 0 Å². The fraction of sp³-hybridized carbons (Fsp3) is 0.941. The van der Waals surface area contributed by atoms with Crippen LogP contribution in [0.1, 0.15) is 51.4 Å². The highest BCUT2D eigenvalue weighted by atomic mass is 32.2. The van der Waals surface area contributed by atoms with E-state index in [0.29, 0.717) is 0 Å². The van der Waals surface area contributed by atoms with E-state index < -0.39 is 0 Å². The molecule has 2 aliphatic carbocycles. The second-order valence-electron chi connectivity index (χ2n) is 7.37. The lowest BCUT2D eigenvalue weighted by atomic mass is 9.79. The Balaban J connectivity index is 1.59. The summed E-state index contributed by atoms with van der Waals surface area (Å²) in [5.74, 6) is 2.90. The number of hydrogen-bond donors (Lipinski definition) is 2. The average Bonchev–Trinajstić information content (AvgIpc) is 3.01. The van der Waals surface area contributed by atoms with Gasteiger partial charge in [-0.05, 0) is 32.1 Å². The highest BCUT2D eigenvalue weighted by Crippen LogP contribution is 2.35. The number of nitrogens with two attached hydrogens (primary N) is 1. The molecule has 0 aromatic rings. The molecule has 2 unspecified atom stereocenters. The van der Waals surface area contributed by atoms with Crippen molar-refractivity contribution in [2.45, 2.75) is 62.9 Å². The van der Waals surface area contributed by atoms with Gasteiger partial charge in [0, 0.05) is 48.6 Å². The minimum atomic E-state index is 0.160. The van der Waals surface area contributed by atoms with Crippen LogP contribution in [0.15, 0.2) is 0 Å². The van der Waals surface area contributed by atoms with E-state index >= 15 is 0 Å². The summed E-state index contributed by atoms with van der Waals surface area (Å²) in [6.07, 6.45) is 9.34. The molecule has 1 saturated heterocycles. The molecule has 1 heterocycles. The molecule has 0 aromatic heterocycles. The van der Waals surface area contributed by atoms with Gasteiger partial charge < -0.3 is 11.1 Å². The van der Waals surface area contributed by atoms with E-state index in [2.05, 4.69) is 22.0 Å². The Hall–Kier alpha value is -0.260. The molecule has 5 heteroatoms. The largest absolute Gasteiger partial charge is 0.354 e. The van der Waals surface area contributed by atoms with E-state index in [9.17, 15) is 4.79 Å². The van der Waals surface area contributed by atoms with Gasteiger partial charge in [0.15, 0.2) is 0 Å². The number of carbonyl (C=O) groups excluding carboxylic acids is 1. The van der Waals surface area contributed by atoms with E-state index in [4.69, 9.17) is 5.73 Å². The van der Waals surface area contributed by atoms with Gasteiger partial charge in [0.1, 0.15) is 0 Å². The summed E-state index contributed by atoms with van der Waals surface area (Å²) in [7, 11) is 0. The standard InChI is InChI=1S/C17H31N3OS/c18-15-5-4-14(12-15)16(21)19-13-17(6-2-1-3-7-17)20-8-10-22-11-9-20/h14-15H,1-13,18H2,(H,19,21). The Kier molecular flexibility index (Phi) is 5.69. The zero-order valence-corrected chi connectivity index (χ0v) is 14.5. The van der Waals surface area contributed by atoms with Gasteiger partial charge >= 0.3 is 0 Å². The van der Waals surface area contributed by atoms with Crippen LogP contribution < -0.4 is 11.1 Å². The van der Waals surface area contributed by atoms with Crippen molar-refractivity contribution in [1.82, 2.24) is 10.2 Å². The van der Waals surface area contributed by atoms with E-state index in [-0.39, 0.29) is 23.4 Å².